The van der Waals surface area contributed by atoms with E-state index >= 15 is 0 Å². The maximum Gasteiger partial charge on any atom is 0.309 e. The minimum Gasteiger partial charge on any atom is -0.481 e. The molecule has 3 rings (SSSR count). The first-order chi connectivity index (χ1) is 8.65. The zero-order chi connectivity index (χ0) is 12.7. The molecule has 1 fully saturated rings. The van der Waals surface area contributed by atoms with E-state index in [0.717, 1.165) is 11.6 Å². The van der Waals surface area contributed by atoms with Crippen LogP contribution in [0.5, 0.6) is 0 Å². The normalized spacial score (nSPS) is 16.7. The number of rotatable bonds is 3. The second-order valence-electron chi connectivity index (χ2n) is 4.95. The van der Waals surface area contributed by atoms with E-state index in [1.54, 1.807) is 10.7 Å². The summed E-state index contributed by atoms with van der Waals surface area (Å²) in [5.41, 5.74) is 0.554. The molecule has 2 aromatic rings. The third-order valence-corrected chi connectivity index (χ3v) is 3.63. The lowest BCUT2D eigenvalue weighted by Gasteiger charge is -2.06. The summed E-state index contributed by atoms with van der Waals surface area (Å²) in [5, 5.41) is 13.3. The van der Waals surface area contributed by atoms with Crippen molar-refractivity contribution < 1.29 is 9.90 Å². The summed E-state index contributed by atoms with van der Waals surface area (Å²) in [4.78, 5) is 15.0. The molecule has 0 atom stereocenters. The molecule has 0 amide bonds. The summed E-state index contributed by atoms with van der Waals surface area (Å²) in [5.74, 6) is 1.46. The van der Waals surface area contributed by atoms with Crippen molar-refractivity contribution in [1.82, 2.24) is 19.2 Å². The van der Waals surface area contributed by atoms with Crippen LogP contribution >= 0.6 is 0 Å². The lowest BCUT2D eigenvalue weighted by atomic mass is 10.1. The fourth-order valence-electron chi connectivity index (χ4n) is 2.77. The minimum absolute atomic E-state index is 0.0535. The number of carboxylic acid groups (broad SMARTS) is 1. The van der Waals surface area contributed by atoms with Gasteiger partial charge in [0.2, 0.25) is 5.78 Å². The highest BCUT2D eigenvalue weighted by Crippen LogP contribution is 2.33. The number of imidazole rings is 1. The Bertz CT molecular complexity index is 593. The number of carboxylic acids is 1. The van der Waals surface area contributed by atoms with Gasteiger partial charge < -0.3 is 5.11 Å². The van der Waals surface area contributed by atoms with Gasteiger partial charge in [0.05, 0.1) is 18.3 Å². The van der Waals surface area contributed by atoms with Gasteiger partial charge in [-0.2, -0.15) is 5.10 Å². The highest BCUT2D eigenvalue weighted by atomic mass is 16.4. The second kappa shape index (κ2) is 4.12. The second-order valence-corrected chi connectivity index (χ2v) is 4.95. The van der Waals surface area contributed by atoms with Crippen molar-refractivity contribution >= 4 is 11.7 Å². The molecule has 0 aromatic carbocycles. The maximum atomic E-state index is 10.7. The van der Waals surface area contributed by atoms with Crippen molar-refractivity contribution in [3.8, 4) is 0 Å². The van der Waals surface area contributed by atoms with Crippen LogP contribution in [0.15, 0.2) is 6.20 Å². The molecule has 96 valence electrons. The highest BCUT2D eigenvalue weighted by Gasteiger charge is 2.23. The van der Waals surface area contributed by atoms with E-state index in [1.165, 1.54) is 25.7 Å². The minimum atomic E-state index is -0.866. The quantitative estimate of drug-likeness (QED) is 0.890. The Labute approximate surface area is 104 Å². The molecule has 1 aliphatic rings. The molecular formula is C12H16N4O2. The third-order valence-electron chi connectivity index (χ3n) is 3.63. The van der Waals surface area contributed by atoms with Gasteiger partial charge in [-0.05, 0) is 12.8 Å². The average Bonchev–Trinajstić information content (AvgIpc) is 2.96. The predicted molar refractivity (Wildman–Crippen MR) is 64.5 cm³/mol. The van der Waals surface area contributed by atoms with Crippen LogP contribution in [-0.4, -0.2) is 30.2 Å². The Morgan fingerprint density at radius 1 is 1.50 bits per heavy atom. The zero-order valence-electron chi connectivity index (χ0n) is 10.3. The van der Waals surface area contributed by atoms with E-state index in [9.17, 15) is 4.79 Å². The van der Waals surface area contributed by atoms with Crippen molar-refractivity contribution in [3.05, 3.63) is 17.7 Å². The van der Waals surface area contributed by atoms with Crippen LogP contribution in [0.25, 0.3) is 5.78 Å². The molecule has 0 radical (unpaired) electrons. The van der Waals surface area contributed by atoms with E-state index in [-0.39, 0.29) is 6.42 Å². The van der Waals surface area contributed by atoms with Crippen molar-refractivity contribution in [1.29, 1.82) is 0 Å². The Hall–Kier alpha value is -1.85. The molecule has 2 aromatic heterocycles. The van der Waals surface area contributed by atoms with Crippen LogP contribution < -0.4 is 0 Å². The smallest absolute Gasteiger partial charge is 0.309 e. The molecule has 18 heavy (non-hydrogen) atoms. The van der Waals surface area contributed by atoms with Gasteiger partial charge >= 0.3 is 5.97 Å². The van der Waals surface area contributed by atoms with Crippen LogP contribution in [0.3, 0.4) is 0 Å². The van der Waals surface area contributed by atoms with Gasteiger partial charge in [-0.15, -0.1) is 0 Å². The van der Waals surface area contributed by atoms with E-state index in [4.69, 9.17) is 5.11 Å². The molecule has 1 aliphatic carbocycles. The lowest BCUT2D eigenvalue weighted by molar-refractivity contribution is -0.136. The Balaban J connectivity index is 1.97. The largest absolute Gasteiger partial charge is 0.481 e. The number of hydrogen-bond donors (Lipinski definition) is 1. The predicted octanol–water partition coefficient (Wildman–Crippen LogP) is 1.35. The van der Waals surface area contributed by atoms with Crippen molar-refractivity contribution in [2.45, 2.75) is 38.0 Å². The molecule has 1 saturated carbocycles. The number of hydrogen-bond acceptors (Lipinski definition) is 3. The van der Waals surface area contributed by atoms with Gasteiger partial charge in [-0.3, -0.25) is 9.36 Å². The molecular weight excluding hydrogens is 232 g/mol. The molecule has 0 unspecified atom stereocenters. The van der Waals surface area contributed by atoms with Crippen LogP contribution in [0, 0.1) is 0 Å². The number of aryl methyl sites for hydroxylation is 1. The number of fused-ring (bicyclic) bond motifs is 1. The van der Waals surface area contributed by atoms with Gasteiger partial charge in [-0.25, -0.2) is 9.50 Å². The van der Waals surface area contributed by atoms with Gasteiger partial charge in [0, 0.05) is 13.0 Å². The standard InChI is InChI=1S/C12H16N4O2/c1-15-11(8-4-2-3-5-8)14-16-7-9(6-10(17)18)13-12(15)16/h7-8H,2-6H2,1H3,(H,17,18). The average molecular weight is 248 g/mol. The van der Waals surface area contributed by atoms with Crippen molar-refractivity contribution in [3.63, 3.8) is 0 Å². The molecule has 0 aliphatic heterocycles. The summed E-state index contributed by atoms with van der Waals surface area (Å²) >= 11 is 0. The van der Waals surface area contributed by atoms with E-state index < -0.39 is 5.97 Å². The Morgan fingerprint density at radius 2 is 2.22 bits per heavy atom. The summed E-state index contributed by atoms with van der Waals surface area (Å²) in [6.45, 7) is 0. The van der Waals surface area contributed by atoms with Crippen LogP contribution in [0.4, 0.5) is 0 Å². The van der Waals surface area contributed by atoms with E-state index in [0.29, 0.717) is 11.6 Å². The molecule has 6 heteroatoms. The fourth-order valence-corrected chi connectivity index (χ4v) is 2.77. The number of aromatic nitrogens is 4. The fraction of sp³-hybridized carbons (Fsp3) is 0.583. The molecule has 0 spiro atoms. The van der Waals surface area contributed by atoms with Crippen LogP contribution in [0.1, 0.15) is 43.1 Å². The molecule has 1 N–H and O–H groups in total. The lowest BCUT2D eigenvalue weighted by Crippen LogP contribution is -2.04. The summed E-state index contributed by atoms with van der Waals surface area (Å²) < 4.78 is 3.69. The number of carbonyl (C=O) groups is 1. The van der Waals surface area contributed by atoms with Crippen LogP contribution in [0.2, 0.25) is 0 Å². The summed E-state index contributed by atoms with van der Waals surface area (Å²) in [6.07, 6.45) is 6.57. The van der Waals surface area contributed by atoms with Crippen LogP contribution in [-0.2, 0) is 18.3 Å². The first kappa shape index (κ1) is 11.3. The monoisotopic (exact) mass is 248 g/mol. The number of nitrogens with zero attached hydrogens (tertiary/aromatic N) is 4. The van der Waals surface area contributed by atoms with Crippen molar-refractivity contribution in [2.24, 2.45) is 7.05 Å². The first-order valence-electron chi connectivity index (χ1n) is 6.28. The van der Waals surface area contributed by atoms with Gasteiger partial charge in [0.25, 0.3) is 0 Å². The van der Waals surface area contributed by atoms with Crippen molar-refractivity contribution in [2.75, 3.05) is 0 Å². The molecule has 0 bridgehead atoms. The Kier molecular flexibility index (Phi) is 2.57. The highest BCUT2D eigenvalue weighted by molar-refractivity contribution is 5.69. The summed E-state index contributed by atoms with van der Waals surface area (Å²) in [7, 11) is 1.95. The maximum absolute atomic E-state index is 10.7. The Morgan fingerprint density at radius 3 is 2.83 bits per heavy atom. The van der Waals surface area contributed by atoms with Gasteiger partial charge in [0.15, 0.2) is 0 Å². The molecule has 2 heterocycles. The number of aliphatic carboxylic acids is 1. The van der Waals surface area contributed by atoms with E-state index in [1.807, 2.05) is 11.6 Å². The zero-order valence-corrected chi connectivity index (χ0v) is 10.3. The molecule has 0 saturated heterocycles. The third kappa shape index (κ3) is 1.77. The first-order valence-corrected chi connectivity index (χ1v) is 6.28. The SMILES string of the molecule is Cn1c(C2CCCC2)nn2cc(CC(=O)O)nc12. The topological polar surface area (TPSA) is 72.4 Å². The van der Waals surface area contributed by atoms with Gasteiger partial charge in [-0.1, -0.05) is 12.8 Å². The summed E-state index contributed by atoms with van der Waals surface area (Å²) in [6, 6.07) is 0. The van der Waals surface area contributed by atoms with E-state index in [2.05, 4.69) is 10.1 Å². The van der Waals surface area contributed by atoms with Gasteiger partial charge in [0.1, 0.15) is 5.82 Å². The molecule has 6 nitrogen and oxygen atoms in total.